The number of ether oxygens (including phenoxy) is 1. The Morgan fingerprint density at radius 3 is 2.94 bits per heavy atom. The normalized spacial score (nSPS) is 26.9. The third-order valence-corrected chi connectivity index (χ3v) is 3.92. The average molecular weight is 256 g/mol. The van der Waals surface area contributed by atoms with Gasteiger partial charge in [-0.3, -0.25) is 9.69 Å². The molecule has 0 spiro atoms. The molecule has 18 heavy (non-hydrogen) atoms. The zero-order valence-corrected chi connectivity index (χ0v) is 11.2. The van der Waals surface area contributed by atoms with E-state index in [0.717, 1.165) is 45.4 Å². The smallest absolute Gasteiger partial charge is 0.234 e. The zero-order valence-electron chi connectivity index (χ0n) is 11.2. The van der Waals surface area contributed by atoms with Crippen LogP contribution in [0.25, 0.3) is 0 Å². The molecule has 2 aliphatic rings. The molecule has 2 rings (SSSR count). The van der Waals surface area contributed by atoms with Gasteiger partial charge >= 0.3 is 0 Å². The molecule has 1 aliphatic heterocycles. The van der Waals surface area contributed by atoms with E-state index in [0.29, 0.717) is 13.1 Å². The molecule has 1 amide bonds. The first-order valence-corrected chi connectivity index (χ1v) is 6.80. The van der Waals surface area contributed by atoms with Gasteiger partial charge in [0, 0.05) is 25.6 Å². The number of aliphatic hydroxyl groups excluding tert-OH is 1. The number of nitrogens with zero attached hydrogens (tertiary/aromatic N) is 1. The molecular formula is C13H24N2O3. The van der Waals surface area contributed by atoms with E-state index >= 15 is 0 Å². The molecule has 2 fully saturated rings. The first-order valence-electron chi connectivity index (χ1n) is 6.80. The second kappa shape index (κ2) is 5.99. The Balaban J connectivity index is 1.66. The van der Waals surface area contributed by atoms with Crippen LogP contribution in [0.5, 0.6) is 0 Å². The fraction of sp³-hybridized carbons (Fsp3) is 0.923. The summed E-state index contributed by atoms with van der Waals surface area (Å²) in [7, 11) is 1.71. The van der Waals surface area contributed by atoms with Gasteiger partial charge in [0.15, 0.2) is 0 Å². The number of carbonyl (C=O) groups is 1. The second-order valence-corrected chi connectivity index (χ2v) is 5.74. The summed E-state index contributed by atoms with van der Waals surface area (Å²) in [4.78, 5) is 13.8. The van der Waals surface area contributed by atoms with Crippen LogP contribution in [0.2, 0.25) is 0 Å². The van der Waals surface area contributed by atoms with Crippen molar-refractivity contribution in [2.75, 3.05) is 39.9 Å². The van der Waals surface area contributed by atoms with Crippen molar-refractivity contribution in [3.8, 4) is 0 Å². The Labute approximate surface area is 108 Å². The van der Waals surface area contributed by atoms with Gasteiger partial charge in [-0.15, -0.1) is 0 Å². The number of methoxy groups -OCH3 is 1. The van der Waals surface area contributed by atoms with E-state index in [1.54, 1.807) is 7.11 Å². The van der Waals surface area contributed by atoms with E-state index in [2.05, 4.69) is 5.32 Å². The number of β-amino-alcohol motifs (C(OH)–C–C–N with tert-alkyl or cyclic N) is 1. The quantitative estimate of drug-likeness (QED) is 0.701. The molecule has 0 aromatic carbocycles. The number of hydrogen-bond acceptors (Lipinski definition) is 4. The number of likely N-dealkylation sites (tertiary alicyclic amines) is 1. The van der Waals surface area contributed by atoms with Crippen LogP contribution in [0, 0.1) is 5.41 Å². The molecule has 5 nitrogen and oxygen atoms in total. The van der Waals surface area contributed by atoms with Crippen molar-refractivity contribution in [2.45, 2.75) is 31.8 Å². The molecule has 1 aliphatic carbocycles. The molecule has 2 N–H and O–H groups in total. The fourth-order valence-electron chi connectivity index (χ4n) is 2.57. The van der Waals surface area contributed by atoms with E-state index in [1.165, 1.54) is 0 Å². The largest absolute Gasteiger partial charge is 0.392 e. The number of amides is 1. The van der Waals surface area contributed by atoms with Crippen LogP contribution in [-0.2, 0) is 9.53 Å². The summed E-state index contributed by atoms with van der Waals surface area (Å²) >= 11 is 0. The van der Waals surface area contributed by atoms with Crippen molar-refractivity contribution in [1.82, 2.24) is 10.2 Å². The average Bonchev–Trinajstić information content (AvgIpc) is 3.08. The van der Waals surface area contributed by atoms with Crippen LogP contribution in [0.3, 0.4) is 0 Å². The highest BCUT2D eigenvalue weighted by molar-refractivity contribution is 5.78. The lowest BCUT2D eigenvalue weighted by molar-refractivity contribution is -0.123. The molecule has 0 aromatic rings. The number of rotatable bonds is 6. The third-order valence-electron chi connectivity index (χ3n) is 3.92. The summed E-state index contributed by atoms with van der Waals surface area (Å²) in [5.41, 5.74) is 0.200. The van der Waals surface area contributed by atoms with Crippen LogP contribution in [0.15, 0.2) is 0 Å². The molecular weight excluding hydrogens is 232 g/mol. The van der Waals surface area contributed by atoms with E-state index < -0.39 is 0 Å². The monoisotopic (exact) mass is 256 g/mol. The highest BCUT2D eigenvalue weighted by atomic mass is 16.5. The lowest BCUT2D eigenvalue weighted by atomic mass is 10.1. The molecule has 0 aromatic heterocycles. The summed E-state index contributed by atoms with van der Waals surface area (Å²) in [6, 6.07) is 0. The number of piperidine rings is 1. The van der Waals surface area contributed by atoms with Gasteiger partial charge in [0.05, 0.1) is 19.3 Å². The predicted octanol–water partition coefficient (Wildman–Crippen LogP) is -0.0141. The van der Waals surface area contributed by atoms with Gasteiger partial charge in [0.25, 0.3) is 0 Å². The van der Waals surface area contributed by atoms with Crippen LogP contribution in [0.1, 0.15) is 25.7 Å². The van der Waals surface area contributed by atoms with Crippen LogP contribution < -0.4 is 5.32 Å². The van der Waals surface area contributed by atoms with Gasteiger partial charge in [-0.25, -0.2) is 0 Å². The summed E-state index contributed by atoms with van der Waals surface area (Å²) < 4.78 is 5.17. The van der Waals surface area contributed by atoms with Crippen molar-refractivity contribution in [2.24, 2.45) is 5.41 Å². The maximum absolute atomic E-state index is 11.8. The number of hydrogen-bond donors (Lipinski definition) is 2. The third kappa shape index (κ3) is 3.93. The summed E-state index contributed by atoms with van der Waals surface area (Å²) in [5, 5.41) is 12.5. The van der Waals surface area contributed by atoms with Gasteiger partial charge in [0.1, 0.15) is 0 Å². The lowest BCUT2D eigenvalue weighted by Gasteiger charge is -2.29. The molecule has 0 unspecified atom stereocenters. The van der Waals surface area contributed by atoms with Gasteiger partial charge in [-0.1, -0.05) is 0 Å². The summed E-state index contributed by atoms with van der Waals surface area (Å²) in [6.07, 6.45) is 3.85. The van der Waals surface area contributed by atoms with E-state index in [4.69, 9.17) is 4.74 Å². The standard InChI is InChI=1S/C13H24N2O3/c1-18-10-13(4-5-13)9-14-12(17)8-15-6-2-3-11(16)7-15/h11,16H,2-10H2,1H3,(H,14,17)/t11-/m0/s1. The number of aliphatic hydroxyl groups is 1. The van der Waals surface area contributed by atoms with E-state index in [-0.39, 0.29) is 17.4 Å². The molecule has 0 bridgehead atoms. The summed E-state index contributed by atoms with van der Waals surface area (Å²) in [5.74, 6) is 0.0616. The first kappa shape index (κ1) is 13.8. The Bertz CT molecular complexity index is 292. The zero-order chi connectivity index (χ0) is 13.0. The maximum atomic E-state index is 11.8. The number of nitrogens with one attached hydrogen (secondary N) is 1. The lowest BCUT2D eigenvalue weighted by Crippen LogP contribution is -2.45. The van der Waals surface area contributed by atoms with Gasteiger partial charge in [0.2, 0.25) is 5.91 Å². The minimum Gasteiger partial charge on any atom is -0.392 e. The van der Waals surface area contributed by atoms with Crippen molar-refractivity contribution in [3.63, 3.8) is 0 Å². The molecule has 1 atom stereocenters. The van der Waals surface area contributed by atoms with Crippen molar-refractivity contribution in [1.29, 1.82) is 0 Å². The van der Waals surface area contributed by atoms with Gasteiger partial charge in [-0.05, 0) is 32.2 Å². The first-order chi connectivity index (χ1) is 8.63. The SMILES string of the molecule is COCC1(CNC(=O)CN2CCC[C@H](O)C2)CC1. The van der Waals surface area contributed by atoms with Crippen LogP contribution in [0.4, 0.5) is 0 Å². The Morgan fingerprint density at radius 1 is 1.56 bits per heavy atom. The van der Waals surface area contributed by atoms with E-state index in [1.807, 2.05) is 4.90 Å². The Kier molecular flexibility index (Phi) is 4.59. The maximum Gasteiger partial charge on any atom is 0.234 e. The topological polar surface area (TPSA) is 61.8 Å². The Morgan fingerprint density at radius 2 is 2.33 bits per heavy atom. The van der Waals surface area contributed by atoms with Crippen molar-refractivity contribution >= 4 is 5.91 Å². The molecule has 5 heteroatoms. The van der Waals surface area contributed by atoms with Gasteiger partial charge < -0.3 is 15.2 Å². The van der Waals surface area contributed by atoms with Crippen LogP contribution >= 0.6 is 0 Å². The minimum atomic E-state index is -0.269. The summed E-state index contributed by atoms with van der Waals surface area (Å²) in [6.45, 7) is 3.39. The minimum absolute atomic E-state index is 0.0616. The van der Waals surface area contributed by atoms with Crippen LogP contribution in [-0.4, -0.2) is 61.9 Å². The highest BCUT2D eigenvalue weighted by Crippen LogP contribution is 2.44. The van der Waals surface area contributed by atoms with Gasteiger partial charge in [-0.2, -0.15) is 0 Å². The van der Waals surface area contributed by atoms with Crippen molar-refractivity contribution < 1.29 is 14.6 Å². The molecule has 1 saturated carbocycles. The molecule has 0 radical (unpaired) electrons. The predicted molar refractivity (Wildman–Crippen MR) is 68.2 cm³/mol. The highest BCUT2D eigenvalue weighted by Gasteiger charge is 2.42. The number of carbonyl (C=O) groups excluding carboxylic acids is 1. The van der Waals surface area contributed by atoms with E-state index in [9.17, 15) is 9.90 Å². The second-order valence-electron chi connectivity index (χ2n) is 5.74. The molecule has 1 heterocycles. The molecule has 104 valence electrons. The van der Waals surface area contributed by atoms with Crippen molar-refractivity contribution in [3.05, 3.63) is 0 Å². The fourth-order valence-corrected chi connectivity index (χ4v) is 2.57. The molecule has 1 saturated heterocycles. The Hall–Kier alpha value is -0.650.